The lowest BCUT2D eigenvalue weighted by Crippen LogP contribution is -2.05. The summed E-state index contributed by atoms with van der Waals surface area (Å²) < 4.78 is 5.17. The molecule has 0 saturated heterocycles. The van der Waals surface area contributed by atoms with Crippen LogP contribution < -0.4 is 5.73 Å². The number of hydrogen-bond donors (Lipinski definition) is 1. The Morgan fingerprint density at radius 2 is 2.31 bits per heavy atom. The van der Waals surface area contributed by atoms with Crippen molar-refractivity contribution in [3.63, 3.8) is 0 Å². The highest BCUT2D eigenvalue weighted by Crippen LogP contribution is 2.16. The molecule has 0 aliphatic rings. The Balaban J connectivity index is 2.70. The fraction of sp³-hybridized carbons (Fsp3) is 0.500. The molecule has 1 heterocycles. The van der Waals surface area contributed by atoms with Crippen LogP contribution in [0.5, 0.6) is 0 Å². The van der Waals surface area contributed by atoms with E-state index < -0.39 is 6.04 Å². The van der Waals surface area contributed by atoms with Crippen LogP contribution in [0.15, 0.2) is 16.7 Å². The molecule has 0 bridgehead atoms. The van der Waals surface area contributed by atoms with Crippen molar-refractivity contribution in [3.05, 3.63) is 23.7 Å². The van der Waals surface area contributed by atoms with Gasteiger partial charge in [-0.25, -0.2) is 0 Å². The van der Waals surface area contributed by atoms with Crippen molar-refractivity contribution in [2.75, 3.05) is 0 Å². The SMILES string of the molecule is CC(C)Cc1coc(C(N)C#N)c1. The van der Waals surface area contributed by atoms with Gasteiger partial charge in [-0.3, -0.25) is 0 Å². The first-order valence-corrected chi connectivity index (χ1v) is 4.36. The van der Waals surface area contributed by atoms with Gasteiger partial charge in [-0.15, -0.1) is 0 Å². The molecular weight excluding hydrogens is 164 g/mol. The van der Waals surface area contributed by atoms with E-state index in [2.05, 4.69) is 13.8 Å². The molecule has 1 aromatic rings. The Morgan fingerprint density at radius 3 is 2.85 bits per heavy atom. The molecule has 0 saturated carbocycles. The molecule has 0 spiro atoms. The van der Waals surface area contributed by atoms with E-state index in [9.17, 15) is 0 Å². The Hall–Kier alpha value is -1.27. The van der Waals surface area contributed by atoms with Crippen molar-refractivity contribution in [2.24, 2.45) is 11.7 Å². The third-order valence-corrected chi connectivity index (χ3v) is 1.76. The largest absolute Gasteiger partial charge is 0.466 e. The first-order valence-electron chi connectivity index (χ1n) is 4.36. The fourth-order valence-electron chi connectivity index (χ4n) is 1.20. The predicted octanol–water partition coefficient (Wildman–Crippen LogP) is 2.00. The van der Waals surface area contributed by atoms with Crippen LogP contribution in [0.1, 0.15) is 31.2 Å². The molecule has 0 amide bonds. The molecule has 70 valence electrons. The van der Waals surface area contributed by atoms with E-state index in [1.807, 2.05) is 12.1 Å². The van der Waals surface area contributed by atoms with Crippen LogP contribution in [-0.2, 0) is 6.42 Å². The molecule has 0 aromatic carbocycles. The Kier molecular flexibility index (Phi) is 3.10. The quantitative estimate of drug-likeness (QED) is 0.770. The number of nitrogens with two attached hydrogens (primary N) is 1. The van der Waals surface area contributed by atoms with Crippen molar-refractivity contribution in [1.82, 2.24) is 0 Å². The van der Waals surface area contributed by atoms with E-state index in [1.165, 1.54) is 0 Å². The average molecular weight is 178 g/mol. The van der Waals surface area contributed by atoms with Gasteiger partial charge in [0, 0.05) is 0 Å². The minimum atomic E-state index is -0.638. The van der Waals surface area contributed by atoms with Crippen molar-refractivity contribution >= 4 is 0 Å². The van der Waals surface area contributed by atoms with Gasteiger partial charge < -0.3 is 10.2 Å². The summed E-state index contributed by atoms with van der Waals surface area (Å²) in [6.45, 7) is 4.27. The molecule has 3 nitrogen and oxygen atoms in total. The van der Waals surface area contributed by atoms with Gasteiger partial charge in [-0.05, 0) is 24.0 Å². The fourth-order valence-corrected chi connectivity index (χ4v) is 1.20. The predicted molar refractivity (Wildman–Crippen MR) is 49.8 cm³/mol. The number of nitrogens with zero attached hydrogens (tertiary/aromatic N) is 1. The third kappa shape index (κ3) is 2.60. The van der Waals surface area contributed by atoms with Crippen LogP contribution in [0.3, 0.4) is 0 Å². The van der Waals surface area contributed by atoms with Gasteiger partial charge in [0.2, 0.25) is 0 Å². The van der Waals surface area contributed by atoms with Crippen LogP contribution in [-0.4, -0.2) is 0 Å². The summed E-state index contributed by atoms with van der Waals surface area (Å²) in [6.07, 6.45) is 2.63. The maximum atomic E-state index is 8.54. The summed E-state index contributed by atoms with van der Waals surface area (Å²) in [5.41, 5.74) is 6.59. The van der Waals surface area contributed by atoms with Crippen molar-refractivity contribution in [2.45, 2.75) is 26.3 Å². The topological polar surface area (TPSA) is 62.9 Å². The summed E-state index contributed by atoms with van der Waals surface area (Å²) in [7, 11) is 0. The highest BCUT2D eigenvalue weighted by atomic mass is 16.3. The standard InChI is InChI=1S/C10H14N2O/c1-7(2)3-8-4-10(13-6-8)9(12)5-11/h4,6-7,9H,3,12H2,1-2H3. The monoisotopic (exact) mass is 178 g/mol. The summed E-state index contributed by atoms with van der Waals surface area (Å²) in [5, 5.41) is 8.54. The van der Waals surface area contributed by atoms with Crippen molar-refractivity contribution in [3.8, 4) is 6.07 Å². The van der Waals surface area contributed by atoms with Crippen LogP contribution in [0.25, 0.3) is 0 Å². The molecule has 1 unspecified atom stereocenters. The number of hydrogen-bond acceptors (Lipinski definition) is 3. The van der Waals surface area contributed by atoms with Gasteiger partial charge >= 0.3 is 0 Å². The molecule has 0 aliphatic heterocycles. The van der Waals surface area contributed by atoms with E-state index >= 15 is 0 Å². The molecule has 0 radical (unpaired) electrons. The molecule has 2 N–H and O–H groups in total. The molecular formula is C10H14N2O. The lowest BCUT2D eigenvalue weighted by atomic mass is 10.1. The minimum Gasteiger partial charge on any atom is -0.466 e. The summed E-state index contributed by atoms with van der Waals surface area (Å²) in [4.78, 5) is 0. The number of furan rings is 1. The maximum Gasteiger partial charge on any atom is 0.151 e. The summed E-state index contributed by atoms with van der Waals surface area (Å²) in [6, 6.07) is 3.15. The molecule has 13 heavy (non-hydrogen) atoms. The normalized spacial score (nSPS) is 12.8. The second-order valence-corrected chi connectivity index (χ2v) is 3.56. The van der Waals surface area contributed by atoms with Gasteiger partial charge in [0.05, 0.1) is 12.3 Å². The van der Waals surface area contributed by atoms with Crippen LogP contribution in [0, 0.1) is 17.2 Å². The van der Waals surface area contributed by atoms with Crippen LogP contribution >= 0.6 is 0 Å². The smallest absolute Gasteiger partial charge is 0.151 e. The van der Waals surface area contributed by atoms with E-state index in [4.69, 9.17) is 15.4 Å². The molecule has 1 aromatic heterocycles. The van der Waals surface area contributed by atoms with Crippen molar-refractivity contribution < 1.29 is 4.42 Å². The molecule has 3 heteroatoms. The van der Waals surface area contributed by atoms with Gasteiger partial charge in [0.1, 0.15) is 5.76 Å². The average Bonchev–Trinajstić information content (AvgIpc) is 2.50. The zero-order chi connectivity index (χ0) is 9.84. The number of rotatable bonds is 3. The second kappa shape index (κ2) is 4.11. The van der Waals surface area contributed by atoms with Crippen molar-refractivity contribution in [1.29, 1.82) is 5.26 Å². The Labute approximate surface area is 78.1 Å². The summed E-state index contributed by atoms with van der Waals surface area (Å²) in [5.74, 6) is 1.14. The number of nitriles is 1. The van der Waals surface area contributed by atoms with Gasteiger partial charge in [-0.2, -0.15) is 5.26 Å². The Morgan fingerprint density at radius 1 is 1.62 bits per heavy atom. The first kappa shape index (κ1) is 9.82. The Bertz CT molecular complexity index is 309. The van der Waals surface area contributed by atoms with Gasteiger partial charge in [-0.1, -0.05) is 13.8 Å². The molecule has 1 rings (SSSR count). The highest BCUT2D eigenvalue weighted by Gasteiger charge is 2.10. The second-order valence-electron chi connectivity index (χ2n) is 3.56. The highest BCUT2D eigenvalue weighted by molar-refractivity contribution is 5.19. The van der Waals surface area contributed by atoms with Gasteiger partial charge in [0.15, 0.2) is 6.04 Å². The summed E-state index contributed by atoms with van der Waals surface area (Å²) >= 11 is 0. The molecule has 0 fully saturated rings. The van der Waals surface area contributed by atoms with E-state index in [0.29, 0.717) is 11.7 Å². The van der Waals surface area contributed by atoms with E-state index in [0.717, 1.165) is 12.0 Å². The lowest BCUT2D eigenvalue weighted by Gasteiger charge is -1.98. The van der Waals surface area contributed by atoms with Crippen LogP contribution in [0.2, 0.25) is 0 Å². The zero-order valence-electron chi connectivity index (χ0n) is 7.95. The van der Waals surface area contributed by atoms with E-state index in [1.54, 1.807) is 6.26 Å². The maximum absolute atomic E-state index is 8.54. The van der Waals surface area contributed by atoms with Gasteiger partial charge in [0.25, 0.3) is 0 Å². The third-order valence-electron chi connectivity index (χ3n) is 1.76. The zero-order valence-corrected chi connectivity index (χ0v) is 7.95. The minimum absolute atomic E-state index is 0.554. The first-order chi connectivity index (χ1) is 6.13. The van der Waals surface area contributed by atoms with Crippen LogP contribution in [0.4, 0.5) is 0 Å². The molecule has 0 aliphatic carbocycles. The van der Waals surface area contributed by atoms with E-state index in [-0.39, 0.29) is 0 Å². The molecule has 1 atom stereocenters. The lowest BCUT2D eigenvalue weighted by molar-refractivity contribution is 0.493.